The molecule has 0 bridgehead atoms. The number of para-hydroxylation sites is 1. The lowest BCUT2D eigenvalue weighted by molar-refractivity contribution is -0.138. The Morgan fingerprint density at radius 2 is 1.73 bits per heavy atom. The number of alkyl halides is 3. The minimum atomic E-state index is -4.58. The maximum Gasteiger partial charge on any atom is 0.416 e. The molecular weight excluding hydrogens is 655 g/mol. The first-order valence-electron chi connectivity index (χ1n) is 15.3. The number of nitrogens with one attached hydrogen (secondary N) is 3. The molecule has 49 heavy (non-hydrogen) atoms. The Labute approximate surface area is 287 Å². The lowest BCUT2D eigenvalue weighted by atomic mass is 10.0. The van der Waals surface area contributed by atoms with Crippen molar-refractivity contribution in [2.24, 2.45) is 0 Å². The molecule has 1 saturated heterocycles. The summed E-state index contributed by atoms with van der Waals surface area (Å²) in [5.74, 6) is 5.23. The van der Waals surface area contributed by atoms with Gasteiger partial charge in [-0.05, 0) is 67.6 Å². The molecule has 2 amide bonds. The topological polar surface area (TPSA) is 102 Å². The standard InChI is InChI=1S/C36H33ClF3N7O2/c1-4-32(48)44-31-7-5-6-30(37)33(31)45-35-41-20-24(21-42-35)9-11-25-18-26(10-8-23(25)2)34(49)43-28-13-12-27(29(19-28)36(38,39)40)22-47-16-14-46(3)15-17-47/h4-8,10,12-13,18-21H,1,14-17,22H2,2-3H3,(H,43,49)(H,44,48)(H,41,42,45). The van der Waals surface area contributed by atoms with Crippen LogP contribution in [-0.4, -0.2) is 64.8 Å². The van der Waals surface area contributed by atoms with Gasteiger partial charge in [0.1, 0.15) is 0 Å². The number of benzene rings is 3. The van der Waals surface area contributed by atoms with Crippen LogP contribution in [0.2, 0.25) is 5.02 Å². The third-order valence-corrected chi connectivity index (χ3v) is 8.16. The number of aromatic nitrogens is 2. The van der Waals surface area contributed by atoms with E-state index in [-0.39, 0.29) is 29.3 Å². The molecule has 1 aliphatic heterocycles. The number of carbonyl (C=O) groups is 2. The lowest BCUT2D eigenvalue weighted by Crippen LogP contribution is -2.44. The molecule has 3 aromatic carbocycles. The van der Waals surface area contributed by atoms with Gasteiger partial charge in [-0.2, -0.15) is 13.2 Å². The zero-order valence-corrected chi connectivity index (χ0v) is 27.5. The predicted octanol–water partition coefficient (Wildman–Crippen LogP) is 6.72. The summed E-state index contributed by atoms with van der Waals surface area (Å²) in [5.41, 5.74) is 2.33. The van der Waals surface area contributed by atoms with Crippen LogP contribution in [0.4, 0.5) is 36.2 Å². The van der Waals surface area contributed by atoms with E-state index < -0.39 is 23.6 Å². The molecule has 4 aromatic rings. The Balaban J connectivity index is 1.28. The number of halogens is 4. The van der Waals surface area contributed by atoms with Crippen molar-refractivity contribution < 1.29 is 22.8 Å². The fourth-order valence-electron chi connectivity index (χ4n) is 5.05. The molecule has 1 aliphatic rings. The summed E-state index contributed by atoms with van der Waals surface area (Å²) < 4.78 is 42.1. The molecule has 0 spiro atoms. The number of aryl methyl sites for hydroxylation is 1. The Bertz CT molecular complexity index is 1930. The first-order chi connectivity index (χ1) is 23.4. The van der Waals surface area contributed by atoms with Gasteiger partial charge in [0, 0.05) is 61.9 Å². The third kappa shape index (κ3) is 9.23. The normalized spacial score (nSPS) is 13.6. The number of nitrogens with zero attached hydrogens (tertiary/aromatic N) is 4. The van der Waals surface area contributed by atoms with E-state index in [1.54, 1.807) is 36.4 Å². The van der Waals surface area contributed by atoms with Crippen molar-refractivity contribution in [1.29, 1.82) is 0 Å². The first kappa shape index (κ1) is 35.1. The van der Waals surface area contributed by atoms with Crippen LogP contribution in [-0.2, 0) is 17.5 Å². The molecule has 0 radical (unpaired) electrons. The number of amides is 2. The van der Waals surface area contributed by atoms with Crippen LogP contribution in [0, 0.1) is 18.8 Å². The highest BCUT2D eigenvalue weighted by molar-refractivity contribution is 6.34. The fraction of sp³-hybridized carbons (Fsp3) is 0.222. The van der Waals surface area contributed by atoms with Gasteiger partial charge in [0.25, 0.3) is 5.91 Å². The van der Waals surface area contributed by atoms with Gasteiger partial charge in [0.15, 0.2) is 0 Å². The predicted molar refractivity (Wildman–Crippen MR) is 185 cm³/mol. The van der Waals surface area contributed by atoms with E-state index in [2.05, 4.69) is 49.2 Å². The van der Waals surface area contributed by atoms with E-state index in [0.717, 1.165) is 30.8 Å². The fourth-order valence-corrected chi connectivity index (χ4v) is 5.27. The number of hydrogen-bond donors (Lipinski definition) is 3. The monoisotopic (exact) mass is 687 g/mol. The summed E-state index contributed by atoms with van der Waals surface area (Å²) in [6, 6.07) is 13.8. The largest absolute Gasteiger partial charge is 0.416 e. The van der Waals surface area contributed by atoms with Crippen LogP contribution in [0.15, 0.2) is 79.6 Å². The first-order valence-corrected chi connectivity index (χ1v) is 15.6. The maximum atomic E-state index is 14.0. The van der Waals surface area contributed by atoms with E-state index in [9.17, 15) is 22.8 Å². The minimum Gasteiger partial charge on any atom is -0.322 e. The highest BCUT2D eigenvalue weighted by Crippen LogP contribution is 2.35. The molecule has 2 heterocycles. The van der Waals surface area contributed by atoms with E-state index in [1.165, 1.54) is 24.5 Å². The van der Waals surface area contributed by atoms with E-state index in [0.29, 0.717) is 40.6 Å². The van der Waals surface area contributed by atoms with Crippen LogP contribution < -0.4 is 16.0 Å². The number of anilines is 4. The van der Waals surface area contributed by atoms with Crippen molar-refractivity contribution in [3.63, 3.8) is 0 Å². The molecule has 0 saturated carbocycles. The Morgan fingerprint density at radius 1 is 1.00 bits per heavy atom. The molecule has 9 nitrogen and oxygen atoms in total. The molecule has 13 heteroatoms. The van der Waals surface area contributed by atoms with E-state index >= 15 is 0 Å². The summed E-state index contributed by atoms with van der Waals surface area (Å²) >= 11 is 6.32. The van der Waals surface area contributed by atoms with Crippen LogP contribution in [0.3, 0.4) is 0 Å². The summed E-state index contributed by atoms with van der Waals surface area (Å²) in [4.78, 5) is 37.7. The maximum absolute atomic E-state index is 14.0. The Morgan fingerprint density at radius 3 is 2.43 bits per heavy atom. The summed E-state index contributed by atoms with van der Waals surface area (Å²) in [5, 5.41) is 8.61. The second-order valence-electron chi connectivity index (χ2n) is 11.5. The van der Waals surface area contributed by atoms with Gasteiger partial charge in [-0.25, -0.2) is 9.97 Å². The Hall–Kier alpha value is -5.22. The summed E-state index contributed by atoms with van der Waals surface area (Å²) in [6.45, 7) is 8.41. The number of piperazine rings is 1. The SMILES string of the molecule is C=CC(=O)Nc1cccc(Cl)c1Nc1ncc(C#Cc2cc(C(=O)Nc3ccc(CN4CCN(C)CC4)c(C(F)(F)F)c3)ccc2C)cn1. The molecule has 1 fully saturated rings. The highest BCUT2D eigenvalue weighted by atomic mass is 35.5. The van der Waals surface area contributed by atoms with Crippen LogP contribution in [0.5, 0.6) is 0 Å². The number of carbonyl (C=O) groups excluding carboxylic acids is 2. The van der Waals surface area contributed by atoms with Crippen molar-refractivity contribution in [3.8, 4) is 11.8 Å². The number of likely N-dealkylation sites (N-methyl/N-ethyl adjacent to an activating group) is 1. The van der Waals surface area contributed by atoms with Gasteiger partial charge >= 0.3 is 6.18 Å². The summed E-state index contributed by atoms with van der Waals surface area (Å²) in [6.07, 6.45) is -0.439. The molecule has 0 unspecified atom stereocenters. The second kappa shape index (κ2) is 15.3. The van der Waals surface area contributed by atoms with Crippen molar-refractivity contribution in [2.75, 3.05) is 49.2 Å². The van der Waals surface area contributed by atoms with E-state index in [4.69, 9.17) is 11.6 Å². The average Bonchev–Trinajstić information content (AvgIpc) is 3.07. The molecule has 5 rings (SSSR count). The van der Waals surface area contributed by atoms with Gasteiger partial charge in [-0.1, -0.05) is 48.2 Å². The molecule has 1 aromatic heterocycles. The zero-order valence-electron chi connectivity index (χ0n) is 26.8. The molecular formula is C36H33ClF3N7O2. The Kier molecular flexibility index (Phi) is 11.0. The van der Waals surface area contributed by atoms with Crippen molar-refractivity contribution in [3.05, 3.63) is 118 Å². The lowest BCUT2D eigenvalue weighted by Gasteiger charge is -2.33. The highest BCUT2D eigenvalue weighted by Gasteiger charge is 2.34. The summed E-state index contributed by atoms with van der Waals surface area (Å²) in [7, 11) is 1.99. The van der Waals surface area contributed by atoms with Crippen LogP contribution >= 0.6 is 11.6 Å². The number of hydrogen-bond acceptors (Lipinski definition) is 7. The third-order valence-electron chi connectivity index (χ3n) is 7.85. The van der Waals surface area contributed by atoms with Crippen LogP contribution in [0.25, 0.3) is 0 Å². The zero-order chi connectivity index (χ0) is 35.1. The minimum absolute atomic E-state index is 0.0468. The van der Waals surface area contributed by atoms with E-state index in [1.807, 2.05) is 18.9 Å². The smallest absolute Gasteiger partial charge is 0.322 e. The van der Waals surface area contributed by atoms with Gasteiger partial charge < -0.3 is 20.9 Å². The quantitative estimate of drug-likeness (QED) is 0.140. The molecule has 0 aliphatic carbocycles. The molecule has 3 N–H and O–H groups in total. The van der Waals surface area contributed by atoms with Crippen molar-refractivity contribution in [1.82, 2.24) is 19.8 Å². The van der Waals surface area contributed by atoms with Gasteiger partial charge in [0.2, 0.25) is 11.9 Å². The van der Waals surface area contributed by atoms with Crippen LogP contribution in [0.1, 0.15) is 38.2 Å². The average molecular weight is 688 g/mol. The molecule has 0 atom stereocenters. The van der Waals surface area contributed by atoms with Gasteiger partial charge in [-0.15, -0.1) is 0 Å². The van der Waals surface area contributed by atoms with Crippen molar-refractivity contribution >= 4 is 46.4 Å². The van der Waals surface area contributed by atoms with Gasteiger partial charge in [0.05, 0.1) is 27.5 Å². The molecule has 252 valence electrons. The van der Waals surface area contributed by atoms with Crippen molar-refractivity contribution in [2.45, 2.75) is 19.6 Å². The number of rotatable bonds is 8. The van der Waals surface area contributed by atoms with Gasteiger partial charge in [-0.3, -0.25) is 14.5 Å². The second-order valence-corrected chi connectivity index (χ2v) is 11.9.